The van der Waals surface area contributed by atoms with E-state index >= 15 is 0 Å². The lowest BCUT2D eigenvalue weighted by atomic mass is 9.77. The van der Waals surface area contributed by atoms with Gasteiger partial charge >= 0.3 is 11.9 Å². The first-order valence-corrected chi connectivity index (χ1v) is 21.5. The van der Waals surface area contributed by atoms with Crippen LogP contribution >= 0.6 is 0 Å². The summed E-state index contributed by atoms with van der Waals surface area (Å²) in [5.41, 5.74) is 4.90. The number of esters is 2. The second-order valence-corrected chi connectivity index (χ2v) is 15.1. The molecule has 3 aromatic carbocycles. The number of unbranched alkanes of at least 4 members (excludes halogenated alkanes) is 13. The third kappa shape index (κ3) is 9.41. The number of anilines is 1. The molecule has 5 rings (SSSR count). The normalized spacial score (nSPS) is 15.0. The number of rotatable bonds is 24. The Kier molecular flexibility index (Phi) is 15.7. The molecule has 4 aromatic rings. The quantitative estimate of drug-likeness (QED) is 0.0525. The molecule has 0 bridgehead atoms. The van der Waals surface area contributed by atoms with Crippen molar-refractivity contribution in [1.29, 1.82) is 0 Å². The van der Waals surface area contributed by atoms with Gasteiger partial charge in [0, 0.05) is 64.7 Å². The van der Waals surface area contributed by atoms with Crippen molar-refractivity contribution < 1.29 is 23.8 Å². The molecule has 1 aromatic heterocycles. The van der Waals surface area contributed by atoms with Gasteiger partial charge in [-0.1, -0.05) is 115 Å². The number of fused-ring (bicyclic) bond motifs is 2. The van der Waals surface area contributed by atoms with Crippen molar-refractivity contribution >= 4 is 28.5 Å². The van der Waals surface area contributed by atoms with Crippen LogP contribution in [0.2, 0.25) is 0 Å². The largest absolute Gasteiger partial charge is 0.493 e. The number of carbonyl (C=O) groups excluding carboxylic acids is 2. The zero-order chi connectivity index (χ0) is 39.2. The fourth-order valence-corrected chi connectivity index (χ4v) is 8.61. The molecule has 7 nitrogen and oxygen atoms in total. The summed E-state index contributed by atoms with van der Waals surface area (Å²) in [4.78, 5) is 29.8. The molecule has 55 heavy (non-hydrogen) atoms. The highest BCUT2D eigenvalue weighted by atomic mass is 16.6. The number of hydrogen-bond donors (Lipinski definition) is 0. The van der Waals surface area contributed by atoms with Crippen LogP contribution in [0.15, 0.2) is 60.7 Å². The van der Waals surface area contributed by atoms with E-state index in [4.69, 9.17) is 14.2 Å². The van der Waals surface area contributed by atoms with Crippen LogP contribution in [0, 0.1) is 6.92 Å². The van der Waals surface area contributed by atoms with Crippen LogP contribution < -0.4 is 9.64 Å². The van der Waals surface area contributed by atoms with Crippen LogP contribution in [0.1, 0.15) is 168 Å². The summed E-state index contributed by atoms with van der Waals surface area (Å²) in [5.74, 6) is -0.225. The number of benzene rings is 3. The highest BCUT2D eigenvalue weighted by molar-refractivity contribution is 6.01. The predicted molar refractivity (Wildman–Crippen MR) is 226 cm³/mol. The van der Waals surface area contributed by atoms with Gasteiger partial charge in [0.1, 0.15) is 5.75 Å². The van der Waals surface area contributed by atoms with Gasteiger partial charge in [0.15, 0.2) is 5.60 Å². The van der Waals surface area contributed by atoms with Crippen LogP contribution in [0.3, 0.4) is 0 Å². The van der Waals surface area contributed by atoms with E-state index in [1.54, 1.807) is 12.1 Å². The molecular formula is C48H66N2O5. The van der Waals surface area contributed by atoms with E-state index in [2.05, 4.69) is 74.4 Å². The Bertz CT molecular complexity index is 1860. The summed E-state index contributed by atoms with van der Waals surface area (Å²) >= 11 is 0. The topological polar surface area (TPSA) is 70.0 Å². The molecular weight excluding hydrogens is 685 g/mol. The zero-order valence-electron chi connectivity index (χ0n) is 34.6. The average Bonchev–Trinajstić information content (AvgIpc) is 3.66. The number of ether oxygens (including phenoxy) is 3. The predicted octanol–water partition coefficient (Wildman–Crippen LogP) is 12.3. The first kappa shape index (κ1) is 41.9. The maximum atomic E-state index is 14.1. The maximum Gasteiger partial charge on any atom is 0.340 e. The van der Waals surface area contributed by atoms with Gasteiger partial charge in [-0.3, -0.25) is 0 Å². The number of aromatic nitrogens is 1. The molecule has 1 aliphatic heterocycles. The number of carbonyl (C=O) groups is 2. The third-order valence-electron chi connectivity index (χ3n) is 11.5. The van der Waals surface area contributed by atoms with E-state index in [0.717, 1.165) is 72.3 Å². The molecule has 298 valence electrons. The highest BCUT2D eigenvalue weighted by Gasteiger charge is 2.53. The Morgan fingerprint density at radius 1 is 0.745 bits per heavy atom. The molecule has 0 amide bonds. The van der Waals surface area contributed by atoms with Gasteiger partial charge in [-0.15, -0.1) is 0 Å². The molecule has 1 aliphatic rings. The van der Waals surface area contributed by atoms with Crippen molar-refractivity contribution in [2.24, 2.45) is 0 Å². The summed E-state index contributed by atoms with van der Waals surface area (Å²) in [5, 5.41) is 1.01. The van der Waals surface area contributed by atoms with Gasteiger partial charge in [0.05, 0.1) is 24.3 Å². The monoisotopic (exact) mass is 750 g/mol. The number of cyclic esters (lactones) is 1. The summed E-state index contributed by atoms with van der Waals surface area (Å²) < 4.78 is 21.1. The van der Waals surface area contributed by atoms with Crippen molar-refractivity contribution in [1.82, 2.24) is 4.57 Å². The van der Waals surface area contributed by atoms with E-state index < -0.39 is 17.5 Å². The third-order valence-corrected chi connectivity index (χ3v) is 11.5. The summed E-state index contributed by atoms with van der Waals surface area (Å²) in [7, 11) is 0. The SMILES string of the molecule is CCCCCCCCCCCCCCCCOC(=O)c1ccc2c(c1)C(=O)OC2(c1ccc(N(CC)CC)cc1OCC)c1c(C)n(CC)c2ccccc12. The lowest BCUT2D eigenvalue weighted by molar-refractivity contribution is 0.0246. The minimum absolute atomic E-state index is 0.353. The van der Waals surface area contributed by atoms with Gasteiger partial charge in [0.25, 0.3) is 0 Å². The maximum absolute atomic E-state index is 14.1. The highest BCUT2D eigenvalue weighted by Crippen LogP contribution is 2.53. The van der Waals surface area contributed by atoms with Crippen molar-refractivity contribution in [3.05, 3.63) is 94.2 Å². The number of nitrogens with zero attached hydrogens (tertiary/aromatic N) is 2. The minimum atomic E-state index is -1.31. The summed E-state index contributed by atoms with van der Waals surface area (Å²) in [6, 6.07) is 19.8. The number of para-hydroxylation sites is 1. The molecule has 0 aliphatic carbocycles. The number of aryl methyl sites for hydroxylation is 1. The Morgan fingerprint density at radius 3 is 1.98 bits per heavy atom. The molecule has 7 heteroatoms. The molecule has 1 unspecified atom stereocenters. The molecule has 0 fully saturated rings. The number of hydrogen-bond acceptors (Lipinski definition) is 6. The van der Waals surface area contributed by atoms with Gasteiger partial charge in [-0.25, -0.2) is 9.59 Å². The molecule has 1 atom stereocenters. The van der Waals surface area contributed by atoms with E-state index in [1.165, 1.54) is 70.6 Å². The fraction of sp³-hybridized carbons (Fsp3) is 0.542. The minimum Gasteiger partial charge on any atom is -0.493 e. The van der Waals surface area contributed by atoms with Crippen LogP contribution in [0.4, 0.5) is 5.69 Å². The molecule has 0 saturated heterocycles. The lowest BCUT2D eigenvalue weighted by Crippen LogP contribution is -2.31. The van der Waals surface area contributed by atoms with Crippen molar-refractivity contribution in [2.75, 3.05) is 31.2 Å². The Balaban J connectivity index is 1.33. The van der Waals surface area contributed by atoms with Crippen LogP contribution in [0.5, 0.6) is 5.75 Å². The van der Waals surface area contributed by atoms with Gasteiger partial charge in [-0.05, 0) is 71.4 Å². The van der Waals surface area contributed by atoms with Gasteiger partial charge < -0.3 is 23.7 Å². The standard InChI is InChI=1S/C48H66N2O5/c1-7-12-13-14-15-16-17-18-19-20-21-22-23-26-33-54-46(51)37-29-31-41-40(34-37)47(52)55-48(41,45-36(6)50(10-4)43-28-25-24-27-39(43)45)42-32-30-38(49(8-2)9-3)35-44(42)53-11-5/h24-25,27-32,34-35H,7-23,26,33H2,1-6H3. The van der Waals surface area contributed by atoms with Crippen molar-refractivity contribution in [3.63, 3.8) is 0 Å². The molecule has 0 saturated carbocycles. The smallest absolute Gasteiger partial charge is 0.340 e. The lowest BCUT2D eigenvalue weighted by Gasteiger charge is -2.33. The first-order valence-electron chi connectivity index (χ1n) is 21.5. The molecule has 0 spiro atoms. The molecule has 2 heterocycles. The van der Waals surface area contributed by atoms with Crippen molar-refractivity contribution in [3.8, 4) is 5.75 Å². The van der Waals surface area contributed by atoms with E-state index in [-0.39, 0.29) is 0 Å². The molecule has 0 radical (unpaired) electrons. The average molecular weight is 751 g/mol. The Hall–Kier alpha value is -4.26. The zero-order valence-corrected chi connectivity index (χ0v) is 34.6. The van der Waals surface area contributed by atoms with E-state index in [0.29, 0.717) is 35.7 Å². The molecule has 0 N–H and O–H groups in total. The van der Waals surface area contributed by atoms with Crippen LogP contribution in [-0.4, -0.2) is 42.8 Å². The van der Waals surface area contributed by atoms with Gasteiger partial charge in [0.2, 0.25) is 0 Å². The van der Waals surface area contributed by atoms with Crippen LogP contribution in [-0.2, 0) is 21.6 Å². The fourth-order valence-electron chi connectivity index (χ4n) is 8.61. The van der Waals surface area contributed by atoms with Crippen LogP contribution in [0.25, 0.3) is 10.9 Å². The first-order chi connectivity index (χ1) is 26.9. The second kappa shape index (κ2) is 20.6. The second-order valence-electron chi connectivity index (χ2n) is 15.1. The Labute approximate surface area is 330 Å². The van der Waals surface area contributed by atoms with E-state index in [1.807, 2.05) is 25.1 Å². The van der Waals surface area contributed by atoms with E-state index in [9.17, 15) is 9.59 Å². The van der Waals surface area contributed by atoms with Crippen molar-refractivity contribution in [2.45, 2.75) is 144 Å². The van der Waals surface area contributed by atoms with Gasteiger partial charge in [-0.2, -0.15) is 0 Å². The Morgan fingerprint density at radius 2 is 1.36 bits per heavy atom. The summed E-state index contributed by atoms with van der Waals surface area (Å²) in [6.07, 6.45) is 17.8. The summed E-state index contributed by atoms with van der Waals surface area (Å²) in [6.45, 7) is 16.0.